The van der Waals surface area contributed by atoms with Crippen molar-refractivity contribution in [1.82, 2.24) is 5.32 Å². The van der Waals surface area contributed by atoms with Crippen LogP contribution in [0.2, 0.25) is 0 Å². The number of nitrogens with one attached hydrogen (secondary N) is 1. The van der Waals surface area contributed by atoms with Gasteiger partial charge < -0.3 is 10.1 Å². The first kappa shape index (κ1) is 22.7. The van der Waals surface area contributed by atoms with Gasteiger partial charge >= 0.3 is 5.69 Å². The Morgan fingerprint density at radius 1 is 0.971 bits per heavy atom. The van der Waals surface area contributed by atoms with Crippen molar-refractivity contribution in [2.45, 2.75) is 6.92 Å². The van der Waals surface area contributed by atoms with Crippen LogP contribution in [-0.4, -0.2) is 20.9 Å². The summed E-state index contributed by atoms with van der Waals surface area (Å²) in [7, 11) is 0. The Hall–Kier alpha value is -4.51. The lowest BCUT2D eigenvalue weighted by Gasteiger charge is -2.06. The van der Waals surface area contributed by atoms with Crippen LogP contribution < -0.4 is 10.1 Å². The predicted molar refractivity (Wildman–Crippen MR) is 128 cm³/mol. The molecule has 1 aliphatic rings. The molecule has 0 bridgehead atoms. The van der Waals surface area contributed by atoms with Gasteiger partial charge in [-0.15, -0.1) is 0 Å². The number of carbonyl (C=O) groups excluding carboxylic acids is 1. The number of benzene rings is 3. The van der Waals surface area contributed by atoms with E-state index in [-0.39, 0.29) is 11.7 Å². The minimum Gasteiger partial charge on any atom is -0.450 e. The fourth-order valence-electron chi connectivity index (χ4n) is 2.98. The summed E-state index contributed by atoms with van der Waals surface area (Å²) >= 11 is 1.22. The Morgan fingerprint density at radius 3 is 2.32 bits per heavy atom. The molecule has 3 aromatic rings. The molecule has 11 heteroatoms. The molecular formula is C23H16N4O6S. The minimum atomic E-state index is -0.743. The van der Waals surface area contributed by atoms with Crippen molar-refractivity contribution in [3.63, 3.8) is 0 Å². The average Bonchev–Trinajstić information content (AvgIpc) is 3.15. The number of carbonyl (C=O) groups is 1. The van der Waals surface area contributed by atoms with E-state index in [1.807, 2.05) is 31.2 Å². The maximum absolute atomic E-state index is 12.3. The number of nitro benzene ring substituents is 2. The molecular weight excluding hydrogens is 460 g/mol. The van der Waals surface area contributed by atoms with Crippen LogP contribution in [0.3, 0.4) is 0 Å². The zero-order chi connectivity index (χ0) is 24.2. The second-order valence-corrected chi connectivity index (χ2v) is 8.19. The van der Waals surface area contributed by atoms with Gasteiger partial charge in [-0.3, -0.25) is 25.0 Å². The Labute approximate surface area is 197 Å². The summed E-state index contributed by atoms with van der Waals surface area (Å²) in [4.78, 5) is 37.9. The molecule has 0 aromatic heterocycles. The van der Waals surface area contributed by atoms with Crippen LogP contribution in [0.1, 0.15) is 11.1 Å². The van der Waals surface area contributed by atoms with Gasteiger partial charge in [0, 0.05) is 6.07 Å². The first-order chi connectivity index (χ1) is 16.3. The molecule has 170 valence electrons. The molecule has 1 amide bonds. The Kier molecular flexibility index (Phi) is 6.37. The van der Waals surface area contributed by atoms with Crippen molar-refractivity contribution in [2.75, 3.05) is 0 Å². The van der Waals surface area contributed by atoms with E-state index in [0.717, 1.165) is 23.4 Å². The molecule has 0 atom stereocenters. The number of non-ortho nitro benzene ring substituents is 1. The van der Waals surface area contributed by atoms with E-state index in [1.54, 1.807) is 30.3 Å². The number of hydrogen-bond donors (Lipinski definition) is 1. The van der Waals surface area contributed by atoms with Gasteiger partial charge in [-0.2, -0.15) is 0 Å². The second kappa shape index (κ2) is 9.55. The zero-order valence-corrected chi connectivity index (χ0v) is 18.4. The molecule has 0 saturated carbocycles. The van der Waals surface area contributed by atoms with Gasteiger partial charge in [0.05, 0.1) is 26.5 Å². The molecule has 0 aliphatic carbocycles. The number of amides is 1. The molecule has 0 unspecified atom stereocenters. The molecule has 0 spiro atoms. The Bertz CT molecular complexity index is 1350. The van der Waals surface area contributed by atoms with Crippen LogP contribution in [0, 0.1) is 27.2 Å². The van der Waals surface area contributed by atoms with Crippen LogP contribution in [0.15, 0.2) is 76.6 Å². The minimum absolute atomic E-state index is 0.121. The summed E-state index contributed by atoms with van der Waals surface area (Å²) in [5.41, 5.74) is 1.64. The maximum atomic E-state index is 12.3. The Balaban J connectivity index is 1.49. The molecule has 10 nitrogen and oxygen atoms in total. The van der Waals surface area contributed by atoms with Crippen molar-refractivity contribution < 1.29 is 19.4 Å². The molecule has 1 saturated heterocycles. The SMILES string of the molecule is Cc1ccc(N=C2NC(=O)/C(=C/c3ccc(Oc4ccc([N+](=O)[O-])cc4[N+](=O)[O-])cc3)S2)cc1. The molecule has 1 aliphatic heterocycles. The normalized spacial score (nSPS) is 15.4. The summed E-state index contributed by atoms with van der Waals surface area (Å²) in [5, 5.41) is 25.3. The number of hydrogen-bond acceptors (Lipinski definition) is 8. The van der Waals surface area contributed by atoms with Gasteiger partial charge in [-0.05, 0) is 60.7 Å². The van der Waals surface area contributed by atoms with Crippen LogP contribution in [0.5, 0.6) is 11.5 Å². The van der Waals surface area contributed by atoms with Crippen LogP contribution in [0.25, 0.3) is 6.08 Å². The molecule has 0 radical (unpaired) electrons. The average molecular weight is 476 g/mol. The van der Waals surface area contributed by atoms with Crippen molar-refractivity contribution in [3.8, 4) is 11.5 Å². The summed E-state index contributed by atoms with van der Waals surface area (Å²) in [6.45, 7) is 1.98. The summed E-state index contributed by atoms with van der Waals surface area (Å²) in [5.74, 6) is -0.0914. The number of aryl methyl sites for hydroxylation is 1. The fraction of sp³-hybridized carbons (Fsp3) is 0.0435. The molecule has 1 fully saturated rings. The predicted octanol–water partition coefficient (Wildman–Crippen LogP) is 5.50. The number of aliphatic imine (C=N–C) groups is 1. The van der Waals surface area contributed by atoms with Gasteiger partial charge in [-0.25, -0.2) is 4.99 Å². The van der Waals surface area contributed by atoms with E-state index in [0.29, 0.717) is 21.4 Å². The van der Waals surface area contributed by atoms with Gasteiger partial charge in [0.25, 0.3) is 11.6 Å². The summed E-state index contributed by atoms with van der Waals surface area (Å²) in [6, 6.07) is 17.3. The molecule has 1 N–H and O–H groups in total. The number of nitrogens with zero attached hydrogens (tertiary/aromatic N) is 3. The number of ether oxygens (including phenoxy) is 1. The van der Waals surface area contributed by atoms with Crippen molar-refractivity contribution in [2.24, 2.45) is 4.99 Å². The van der Waals surface area contributed by atoms with Crippen molar-refractivity contribution in [1.29, 1.82) is 0 Å². The second-order valence-electron chi connectivity index (χ2n) is 7.15. The largest absolute Gasteiger partial charge is 0.450 e. The number of nitro groups is 2. The third-order valence-corrected chi connectivity index (χ3v) is 5.58. The monoisotopic (exact) mass is 476 g/mol. The highest BCUT2D eigenvalue weighted by atomic mass is 32.2. The first-order valence-corrected chi connectivity index (χ1v) is 10.7. The zero-order valence-electron chi connectivity index (χ0n) is 17.6. The summed E-state index contributed by atoms with van der Waals surface area (Å²) in [6.07, 6.45) is 1.69. The highest BCUT2D eigenvalue weighted by molar-refractivity contribution is 8.18. The van der Waals surface area contributed by atoms with E-state index in [4.69, 9.17) is 4.74 Å². The number of rotatable bonds is 6. The van der Waals surface area contributed by atoms with E-state index < -0.39 is 21.2 Å². The topological polar surface area (TPSA) is 137 Å². The number of amidine groups is 1. The standard InChI is InChI=1S/C23H16N4O6S/c1-14-2-6-16(7-3-14)24-23-25-22(28)21(34-23)12-15-4-9-18(10-5-15)33-20-11-8-17(26(29)30)13-19(20)27(31)32/h2-13H,1H3,(H,24,25,28)/b21-12-. The highest BCUT2D eigenvalue weighted by Gasteiger charge is 2.24. The maximum Gasteiger partial charge on any atom is 0.318 e. The van der Waals surface area contributed by atoms with Crippen LogP contribution in [-0.2, 0) is 4.79 Å². The molecule has 4 rings (SSSR count). The third-order valence-electron chi connectivity index (χ3n) is 4.67. The van der Waals surface area contributed by atoms with Crippen molar-refractivity contribution >= 4 is 46.0 Å². The van der Waals surface area contributed by atoms with Crippen LogP contribution >= 0.6 is 11.8 Å². The van der Waals surface area contributed by atoms with E-state index in [9.17, 15) is 25.0 Å². The van der Waals surface area contributed by atoms with Gasteiger partial charge in [0.15, 0.2) is 5.17 Å². The number of thioether (sulfide) groups is 1. The van der Waals surface area contributed by atoms with Crippen LogP contribution in [0.4, 0.5) is 17.1 Å². The van der Waals surface area contributed by atoms with Gasteiger partial charge in [0.2, 0.25) is 5.75 Å². The van der Waals surface area contributed by atoms with Gasteiger partial charge in [-0.1, -0.05) is 29.8 Å². The summed E-state index contributed by atoms with van der Waals surface area (Å²) < 4.78 is 5.55. The first-order valence-electron chi connectivity index (χ1n) is 9.85. The lowest BCUT2D eigenvalue weighted by molar-refractivity contribution is -0.394. The highest BCUT2D eigenvalue weighted by Crippen LogP contribution is 2.35. The molecule has 3 aromatic carbocycles. The smallest absolute Gasteiger partial charge is 0.318 e. The van der Waals surface area contributed by atoms with Crippen molar-refractivity contribution in [3.05, 3.63) is 103 Å². The van der Waals surface area contributed by atoms with Gasteiger partial charge in [0.1, 0.15) is 5.75 Å². The van der Waals surface area contributed by atoms with E-state index >= 15 is 0 Å². The third kappa shape index (κ3) is 5.27. The Morgan fingerprint density at radius 2 is 1.68 bits per heavy atom. The quantitative estimate of drug-likeness (QED) is 0.282. The lowest BCUT2D eigenvalue weighted by Crippen LogP contribution is -2.19. The lowest BCUT2D eigenvalue weighted by atomic mass is 10.2. The van der Waals surface area contributed by atoms with E-state index in [1.165, 1.54) is 17.8 Å². The van der Waals surface area contributed by atoms with E-state index in [2.05, 4.69) is 10.3 Å². The molecule has 34 heavy (non-hydrogen) atoms. The fourth-order valence-corrected chi connectivity index (χ4v) is 3.82. The molecule has 1 heterocycles.